The van der Waals surface area contributed by atoms with Gasteiger partial charge >= 0.3 is 5.97 Å². The molecule has 6 rings (SSSR count). The number of hydrogen-bond donors (Lipinski definition) is 2. The highest BCUT2D eigenvalue weighted by Crippen LogP contribution is 2.70. The van der Waals surface area contributed by atoms with Gasteiger partial charge in [-0.25, -0.2) is 0 Å². The van der Waals surface area contributed by atoms with E-state index in [9.17, 15) is 14.7 Å². The first-order valence-electron chi connectivity index (χ1n) is 16.0. The summed E-state index contributed by atoms with van der Waals surface area (Å²) in [6.45, 7) is 11.4. The summed E-state index contributed by atoms with van der Waals surface area (Å²) in [6, 6.07) is 9.56. The number of rotatable bonds is 5. The van der Waals surface area contributed by atoms with Gasteiger partial charge in [-0.2, -0.15) is 0 Å². The Morgan fingerprint density at radius 1 is 1.14 bits per heavy atom. The van der Waals surface area contributed by atoms with E-state index in [1.54, 1.807) is 0 Å². The van der Waals surface area contributed by atoms with Crippen LogP contribution in [0.5, 0.6) is 0 Å². The average molecular weight is 579 g/mol. The lowest BCUT2D eigenvalue weighted by Gasteiger charge is -2.54. The summed E-state index contributed by atoms with van der Waals surface area (Å²) >= 11 is 0. The second-order valence-electron chi connectivity index (χ2n) is 15.2. The molecule has 5 aliphatic rings. The van der Waals surface area contributed by atoms with Crippen LogP contribution >= 0.6 is 0 Å². The van der Waals surface area contributed by atoms with Gasteiger partial charge in [0.25, 0.3) is 5.91 Å². The second-order valence-corrected chi connectivity index (χ2v) is 15.2. The molecule has 1 aromatic rings. The van der Waals surface area contributed by atoms with E-state index in [0.29, 0.717) is 25.0 Å². The zero-order valence-corrected chi connectivity index (χ0v) is 26.5. The molecule has 4 aliphatic carbocycles. The van der Waals surface area contributed by atoms with Gasteiger partial charge < -0.3 is 24.8 Å². The number of nitrogens with one attached hydrogen (secondary N) is 1. The Bertz CT molecular complexity index is 1270. The molecule has 0 aromatic heterocycles. The normalized spacial score (nSPS) is 44.7. The Morgan fingerprint density at radius 3 is 2.52 bits per heavy atom. The molecule has 11 atom stereocenters. The predicted octanol–water partition coefficient (Wildman–Crippen LogP) is 4.99. The number of fused-ring (bicyclic) bond motifs is 3. The van der Waals surface area contributed by atoms with Crippen molar-refractivity contribution in [3.63, 3.8) is 0 Å². The highest BCUT2D eigenvalue weighted by atomic mass is 16.5. The van der Waals surface area contributed by atoms with E-state index < -0.39 is 5.60 Å². The van der Waals surface area contributed by atoms with Gasteiger partial charge in [-0.05, 0) is 88.4 Å². The fourth-order valence-electron chi connectivity index (χ4n) is 10.6. The highest BCUT2D eigenvalue weighted by Gasteiger charge is 2.69. The number of amides is 1. The zero-order valence-electron chi connectivity index (χ0n) is 26.5. The third-order valence-corrected chi connectivity index (χ3v) is 13.0. The van der Waals surface area contributed by atoms with Gasteiger partial charge in [0, 0.05) is 41.8 Å². The Labute approximate surface area is 251 Å². The summed E-state index contributed by atoms with van der Waals surface area (Å²) in [7, 11) is 4.23. The van der Waals surface area contributed by atoms with Crippen LogP contribution in [-0.2, 0) is 14.3 Å². The first-order valence-corrected chi connectivity index (χ1v) is 16.0. The van der Waals surface area contributed by atoms with E-state index in [2.05, 4.69) is 58.1 Å². The molecule has 1 amide bonds. The number of benzene rings is 1. The molecular formula is C35H50N2O5. The molecule has 7 heteroatoms. The van der Waals surface area contributed by atoms with Crippen molar-refractivity contribution >= 4 is 11.9 Å². The van der Waals surface area contributed by atoms with Crippen molar-refractivity contribution in [1.29, 1.82) is 0 Å². The summed E-state index contributed by atoms with van der Waals surface area (Å²) in [6.07, 6.45) is 6.77. The maximum absolute atomic E-state index is 13.2. The number of nitrogens with zero attached hydrogens (tertiary/aromatic N) is 1. The summed E-state index contributed by atoms with van der Waals surface area (Å²) in [5, 5.41) is 15.8. The SMILES string of the molecule is CC(=O)O[C@@H]1C[C@@]2(C)[C@@H]3C[C@@H]4OC[C@]5(C)[C@@H](NC(=O)c6ccccc6)CC[C@@](O)(CC3=CC[C@]2(C)[C@H]1[C@@H](C)N(C)C)[C@@H]45. The first kappa shape index (κ1) is 29.8. The van der Waals surface area contributed by atoms with Gasteiger partial charge in [0.1, 0.15) is 6.10 Å². The van der Waals surface area contributed by atoms with E-state index in [1.165, 1.54) is 12.5 Å². The lowest BCUT2D eigenvalue weighted by molar-refractivity contribution is -0.150. The maximum Gasteiger partial charge on any atom is 0.302 e. The van der Waals surface area contributed by atoms with Gasteiger partial charge in [0.15, 0.2) is 0 Å². The van der Waals surface area contributed by atoms with E-state index in [1.807, 2.05) is 30.3 Å². The third-order valence-electron chi connectivity index (χ3n) is 13.0. The molecule has 1 aliphatic heterocycles. The molecule has 7 nitrogen and oxygen atoms in total. The lowest BCUT2D eigenvalue weighted by atomic mass is 9.51. The number of carbonyl (C=O) groups excluding carboxylic acids is 2. The van der Waals surface area contributed by atoms with Crippen molar-refractivity contribution in [1.82, 2.24) is 10.2 Å². The predicted molar refractivity (Wildman–Crippen MR) is 162 cm³/mol. The third kappa shape index (κ3) is 4.32. The maximum atomic E-state index is 13.2. The minimum atomic E-state index is -0.876. The summed E-state index contributed by atoms with van der Waals surface area (Å²) in [4.78, 5) is 27.8. The Hall–Kier alpha value is -2.22. The second kappa shape index (κ2) is 10.2. The molecule has 42 heavy (non-hydrogen) atoms. The largest absolute Gasteiger partial charge is 0.462 e. The molecule has 0 unspecified atom stereocenters. The van der Waals surface area contributed by atoms with Crippen molar-refractivity contribution in [3.8, 4) is 0 Å². The van der Waals surface area contributed by atoms with Gasteiger partial charge in [-0.15, -0.1) is 0 Å². The summed E-state index contributed by atoms with van der Waals surface area (Å²) in [5.74, 6) is 0.0821. The number of aliphatic hydroxyl groups is 1. The van der Waals surface area contributed by atoms with Crippen LogP contribution in [0, 0.1) is 34.0 Å². The number of hydrogen-bond acceptors (Lipinski definition) is 6. The fraction of sp³-hybridized carbons (Fsp3) is 0.714. The number of ether oxygens (including phenoxy) is 2. The van der Waals surface area contributed by atoms with Crippen LogP contribution in [0.2, 0.25) is 0 Å². The number of allylic oxidation sites excluding steroid dienone is 1. The summed E-state index contributed by atoms with van der Waals surface area (Å²) in [5.41, 5.74) is 0.587. The summed E-state index contributed by atoms with van der Waals surface area (Å²) < 4.78 is 12.8. The van der Waals surface area contributed by atoms with Crippen LogP contribution in [0.15, 0.2) is 42.0 Å². The molecule has 0 spiro atoms. The fourth-order valence-corrected chi connectivity index (χ4v) is 10.6. The van der Waals surface area contributed by atoms with Gasteiger partial charge in [0.2, 0.25) is 0 Å². The van der Waals surface area contributed by atoms with Crippen molar-refractivity contribution in [2.45, 2.75) is 103 Å². The smallest absolute Gasteiger partial charge is 0.302 e. The van der Waals surface area contributed by atoms with Gasteiger partial charge in [0.05, 0.1) is 18.3 Å². The topological polar surface area (TPSA) is 88.1 Å². The standard InChI is InChI=1S/C35H50N2O5/c1-21(37(6)7)29-27(42-22(2)38)19-34(5)25-17-26-30-32(3,20-41-26)28(36-31(39)23-11-9-8-10-12-23)14-16-35(30,40)18-24(25)13-15-33(29,34)4/h8-13,21,25-30,40H,14-20H2,1-7H3,(H,36,39)/t21-,25-,26+,27-,28+,29+,30+,32-,33-,34+,35-/m1/s1. The van der Waals surface area contributed by atoms with Gasteiger partial charge in [-0.3, -0.25) is 9.59 Å². The Balaban J connectivity index is 1.33. The molecule has 4 fully saturated rings. The number of carbonyl (C=O) groups is 2. The lowest BCUT2D eigenvalue weighted by Crippen LogP contribution is -2.61. The van der Waals surface area contributed by atoms with E-state index in [4.69, 9.17) is 9.47 Å². The molecule has 1 heterocycles. The highest BCUT2D eigenvalue weighted by molar-refractivity contribution is 5.94. The zero-order chi connectivity index (χ0) is 30.2. The van der Waals surface area contributed by atoms with Crippen LogP contribution in [0.1, 0.15) is 83.5 Å². The monoisotopic (exact) mass is 578 g/mol. The average Bonchev–Trinajstić information content (AvgIpc) is 3.33. The van der Waals surface area contributed by atoms with Crippen LogP contribution in [0.3, 0.4) is 0 Å². The quantitative estimate of drug-likeness (QED) is 0.378. The first-order chi connectivity index (χ1) is 19.7. The number of esters is 1. The van der Waals surface area contributed by atoms with Crippen LogP contribution in [0.25, 0.3) is 0 Å². The van der Waals surface area contributed by atoms with E-state index in [0.717, 1.165) is 25.7 Å². The molecule has 1 saturated heterocycles. The molecule has 3 saturated carbocycles. The minimum absolute atomic E-state index is 0.0625. The van der Waals surface area contributed by atoms with Gasteiger partial charge in [-0.1, -0.05) is 50.6 Å². The Morgan fingerprint density at radius 2 is 1.86 bits per heavy atom. The van der Waals surface area contributed by atoms with Crippen molar-refractivity contribution < 1.29 is 24.2 Å². The van der Waals surface area contributed by atoms with Crippen molar-refractivity contribution in [2.75, 3.05) is 20.7 Å². The molecule has 1 aromatic carbocycles. The van der Waals surface area contributed by atoms with Crippen molar-refractivity contribution in [3.05, 3.63) is 47.5 Å². The molecule has 230 valence electrons. The minimum Gasteiger partial charge on any atom is -0.462 e. The van der Waals surface area contributed by atoms with Crippen LogP contribution in [0.4, 0.5) is 0 Å². The molecule has 0 radical (unpaired) electrons. The molecule has 0 bridgehead atoms. The molecule has 2 N–H and O–H groups in total. The van der Waals surface area contributed by atoms with E-state index >= 15 is 0 Å². The van der Waals surface area contributed by atoms with E-state index in [-0.39, 0.29) is 70.2 Å². The van der Waals surface area contributed by atoms with Crippen LogP contribution in [-0.4, -0.2) is 72.5 Å². The molecular weight excluding hydrogens is 528 g/mol. The Kier molecular flexibility index (Phi) is 7.22. The van der Waals surface area contributed by atoms with Crippen molar-refractivity contribution in [2.24, 2.45) is 34.0 Å². The van der Waals surface area contributed by atoms with Crippen LogP contribution < -0.4 is 5.32 Å².